The second-order valence-electron chi connectivity index (χ2n) is 7.61. The lowest BCUT2D eigenvalue weighted by molar-refractivity contribution is -0.0453. The van der Waals surface area contributed by atoms with Crippen LogP contribution in [0.5, 0.6) is 0 Å². The van der Waals surface area contributed by atoms with E-state index < -0.39 is 0 Å². The van der Waals surface area contributed by atoms with Crippen molar-refractivity contribution >= 4 is 35.6 Å². The van der Waals surface area contributed by atoms with Crippen LogP contribution in [0, 0.1) is 0 Å². The quantitative estimate of drug-likeness (QED) is 0.388. The van der Waals surface area contributed by atoms with Crippen molar-refractivity contribution in [3.63, 3.8) is 0 Å². The average molecular weight is 485 g/mol. The third kappa shape index (κ3) is 5.26. The number of fused-ring (bicyclic) bond motifs is 1. The normalized spacial score (nSPS) is 28.6. The van der Waals surface area contributed by atoms with Gasteiger partial charge in [0.1, 0.15) is 0 Å². The van der Waals surface area contributed by atoms with Crippen LogP contribution >= 0.6 is 24.0 Å². The summed E-state index contributed by atoms with van der Waals surface area (Å²) in [7, 11) is 1.84. The first kappa shape index (κ1) is 20.7. The molecule has 3 atom stereocenters. The van der Waals surface area contributed by atoms with Gasteiger partial charge in [0.25, 0.3) is 0 Å². The van der Waals surface area contributed by atoms with Crippen LogP contribution in [0.1, 0.15) is 19.3 Å². The van der Waals surface area contributed by atoms with E-state index in [4.69, 9.17) is 4.74 Å². The van der Waals surface area contributed by atoms with Gasteiger partial charge in [-0.3, -0.25) is 9.89 Å². The van der Waals surface area contributed by atoms with E-state index >= 15 is 0 Å². The fourth-order valence-corrected chi connectivity index (χ4v) is 4.36. The predicted octanol–water partition coefficient (Wildman–Crippen LogP) is 1.91. The van der Waals surface area contributed by atoms with E-state index in [1.165, 1.54) is 25.1 Å². The molecule has 3 aliphatic rings. The van der Waals surface area contributed by atoms with Crippen molar-refractivity contribution in [3.8, 4) is 0 Å². The lowest BCUT2D eigenvalue weighted by Crippen LogP contribution is -2.52. The molecule has 0 aliphatic carbocycles. The second kappa shape index (κ2) is 9.93. The molecule has 3 fully saturated rings. The molecule has 0 aromatic heterocycles. The highest BCUT2D eigenvalue weighted by molar-refractivity contribution is 14.0. The number of hydrogen-bond acceptors (Lipinski definition) is 4. The van der Waals surface area contributed by atoms with Gasteiger partial charge < -0.3 is 20.3 Å². The number of benzene rings is 1. The molecule has 7 heteroatoms. The highest BCUT2D eigenvalue weighted by Crippen LogP contribution is 2.22. The highest BCUT2D eigenvalue weighted by Gasteiger charge is 2.32. The van der Waals surface area contributed by atoms with Crippen LogP contribution in [0.4, 0.5) is 5.69 Å². The van der Waals surface area contributed by atoms with Gasteiger partial charge >= 0.3 is 0 Å². The van der Waals surface area contributed by atoms with Gasteiger partial charge in [-0.15, -0.1) is 24.0 Å². The molecule has 3 aliphatic heterocycles. The van der Waals surface area contributed by atoms with Crippen molar-refractivity contribution < 1.29 is 4.74 Å². The van der Waals surface area contributed by atoms with Gasteiger partial charge in [0.15, 0.2) is 5.96 Å². The SMILES string of the molecule is CN=C(NCC1CN2CCCC2CO1)NC1CCN(c2ccccc2)C1.I. The van der Waals surface area contributed by atoms with E-state index in [9.17, 15) is 0 Å². The molecule has 0 saturated carbocycles. The average Bonchev–Trinajstić information content (AvgIpc) is 3.34. The smallest absolute Gasteiger partial charge is 0.191 e. The van der Waals surface area contributed by atoms with E-state index in [-0.39, 0.29) is 30.1 Å². The van der Waals surface area contributed by atoms with Crippen molar-refractivity contribution in [2.75, 3.05) is 51.3 Å². The van der Waals surface area contributed by atoms with Crippen LogP contribution in [-0.4, -0.2) is 75.4 Å². The fraction of sp³-hybridized carbons (Fsp3) is 0.650. The number of nitrogens with zero attached hydrogens (tertiary/aromatic N) is 3. The van der Waals surface area contributed by atoms with E-state index in [1.807, 2.05) is 7.05 Å². The molecule has 27 heavy (non-hydrogen) atoms. The standard InChI is InChI=1S/C20H31N5O.HI/c1-21-20(22-12-19-14-24-10-5-8-18(24)15-26-19)23-16-9-11-25(13-16)17-6-3-2-4-7-17;/h2-4,6-7,16,18-19H,5,8-15H2,1H3,(H2,21,22,23);1H. The molecule has 150 valence electrons. The third-order valence-corrected chi connectivity index (χ3v) is 5.83. The van der Waals surface area contributed by atoms with E-state index in [2.05, 4.69) is 55.8 Å². The lowest BCUT2D eigenvalue weighted by Gasteiger charge is -2.35. The molecular formula is C20H32IN5O. The Morgan fingerprint density at radius 1 is 1.19 bits per heavy atom. The number of morpholine rings is 1. The number of hydrogen-bond donors (Lipinski definition) is 2. The summed E-state index contributed by atoms with van der Waals surface area (Å²) in [6.45, 7) is 6.07. The molecule has 1 aromatic carbocycles. The molecule has 3 saturated heterocycles. The van der Waals surface area contributed by atoms with Gasteiger partial charge in [-0.05, 0) is 37.9 Å². The number of rotatable bonds is 4. The highest BCUT2D eigenvalue weighted by atomic mass is 127. The van der Waals surface area contributed by atoms with Crippen molar-refractivity contribution in [2.24, 2.45) is 4.99 Å². The molecule has 3 unspecified atom stereocenters. The van der Waals surface area contributed by atoms with E-state index in [1.54, 1.807) is 0 Å². The van der Waals surface area contributed by atoms with Gasteiger partial charge in [0.2, 0.25) is 0 Å². The number of aliphatic imine (C=N–C) groups is 1. The lowest BCUT2D eigenvalue weighted by atomic mass is 10.2. The largest absolute Gasteiger partial charge is 0.373 e. The molecule has 4 rings (SSSR count). The summed E-state index contributed by atoms with van der Waals surface area (Å²) >= 11 is 0. The first-order valence-electron chi connectivity index (χ1n) is 9.94. The number of guanidine groups is 1. The minimum absolute atomic E-state index is 0. The minimum atomic E-state index is 0. The Morgan fingerprint density at radius 2 is 2.04 bits per heavy atom. The Balaban J connectivity index is 0.00000210. The van der Waals surface area contributed by atoms with E-state index in [0.717, 1.165) is 45.2 Å². The van der Waals surface area contributed by atoms with Crippen molar-refractivity contribution in [2.45, 2.75) is 37.5 Å². The molecule has 6 nitrogen and oxygen atoms in total. The van der Waals surface area contributed by atoms with Gasteiger partial charge in [0, 0.05) is 51.0 Å². The topological polar surface area (TPSA) is 52.1 Å². The summed E-state index contributed by atoms with van der Waals surface area (Å²) in [6.07, 6.45) is 4.00. The molecular weight excluding hydrogens is 453 g/mol. The third-order valence-electron chi connectivity index (χ3n) is 5.83. The Bertz CT molecular complexity index is 614. The van der Waals surface area contributed by atoms with Crippen LogP contribution in [0.2, 0.25) is 0 Å². The van der Waals surface area contributed by atoms with Crippen LogP contribution in [-0.2, 0) is 4.74 Å². The molecule has 0 radical (unpaired) electrons. The van der Waals surface area contributed by atoms with Gasteiger partial charge in [-0.1, -0.05) is 18.2 Å². The maximum atomic E-state index is 6.04. The zero-order valence-corrected chi connectivity index (χ0v) is 18.5. The molecule has 3 heterocycles. The summed E-state index contributed by atoms with van der Waals surface area (Å²) in [4.78, 5) is 9.42. The molecule has 0 spiro atoms. The summed E-state index contributed by atoms with van der Waals surface area (Å²) < 4.78 is 6.04. The second-order valence-corrected chi connectivity index (χ2v) is 7.61. The monoisotopic (exact) mass is 485 g/mol. The number of nitrogens with one attached hydrogen (secondary N) is 2. The predicted molar refractivity (Wildman–Crippen MR) is 121 cm³/mol. The zero-order chi connectivity index (χ0) is 17.8. The van der Waals surface area contributed by atoms with Gasteiger partial charge in [0.05, 0.1) is 12.7 Å². The number of para-hydroxylation sites is 1. The van der Waals surface area contributed by atoms with Crippen LogP contribution in [0.3, 0.4) is 0 Å². The maximum Gasteiger partial charge on any atom is 0.191 e. The first-order valence-corrected chi connectivity index (χ1v) is 9.94. The first-order chi connectivity index (χ1) is 12.8. The Kier molecular flexibility index (Phi) is 7.60. The summed E-state index contributed by atoms with van der Waals surface area (Å²) in [5.41, 5.74) is 1.30. The minimum Gasteiger partial charge on any atom is -0.373 e. The zero-order valence-electron chi connectivity index (χ0n) is 16.1. The van der Waals surface area contributed by atoms with Crippen molar-refractivity contribution in [3.05, 3.63) is 30.3 Å². The molecule has 0 bridgehead atoms. The van der Waals surface area contributed by atoms with Crippen LogP contribution in [0.25, 0.3) is 0 Å². The molecule has 0 amide bonds. The summed E-state index contributed by atoms with van der Waals surface area (Å²) in [5.74, 6) is 0.886. The summed E-state index contributed by atoms with van der Waals surface area (Å²) in [5, 5.41) is 7.05. The maximum absolute atomic E-state index is 6.04. The molecule has 2 N–H and O–H groups in total. The van der Waals surface area contributed by atoms with Crippen LogP contribution in [0.15, 0.2) is 35.3 Å². The Labute approximate surface area is 179 Å². The van der Waals surface area contributed by atoms with Crippen molar-refractivity contribution in [1.82, 2.24) is 15.5 Å². The van der Waals surface area contributed by atoms with Crippen molar-refractivity contribution in [1.29, 1.82) is 0 Å². The van der Waals surface area contributed by atoms with Gasteiger partial charge in [-0.25, -0.2) is 0 Å². The Morgan fingerprint density at radius 3 is 2.85 bits per heavy atom. The Hall–Kier alpha value is -1.06. The fourth-order valence-electron chi connectivity index (χ4n) is 4.36. The number of anilines is 1. The molecule has 1 aromatic rings. The van der Waals surface area contributed by atoms with E-state index in [0.29, 0.717) is 12.1 Å². The summed E-state index contributed by atoms with van der Waals surface area (Å²) in [6, 6.07) is 11.7. The van der Waals surface area contributed by atoms with Gasteiger partial charge in [-0.2, -0.15) is 0 Å². The number of halogens is 1. The van der Waals surface area contributed by atoms with Crippen LogP contribution < -0.4 is 15.5 Å². The number of ether oxygens (including phenoxy) is 1.